The molecule has 1 atom stereocenters. The van der Waals surface area contributed by atoms with Crippen LogP contribution in [0.3, 0.4) is 0 Å². The highest BCUT2D eigenvalue weighted by Crippen LogP contribution is 2.29. The number of rotatable bonds is 2. The molecule has 0 bridgehead atoms. The van der Waals surface area contributed by atoms with E-state index >= 15 is 0 Å². The predicted molar refractivity (Wildman–Crippen MR) is 74.1 cm³/mol. The van der Waals surface area contributed by atoms with Crippen molar-refractivity contribution in [2.75, 3.05) is 19.7 Å². The van der Waals surface area contributed by atoms with E-state index in [1.54, 1.807) is 11.3 Å². The first-order valence-corrected chi connectivity index (χ1v) is 6.90. The van der Waals surface area contributed by atoms with Crippen LogP contribution < -0.4 is 5.32 Å². The van der Waals surface area contributed by atoms with E-state index < -0.39 is 0 Å². The molecule has 0 spiro atoms. The molecule has 8 heteroatoms. The van der Waals surface area contributed by atoms with Crippen molar-refractivity contribution in [2.45, 2.75) is 6.10 Å². The fourth-order valence-corrected chi connectivity index (χ4v) is 2.97. The van der Waals surface area contributed by atoms with Crippen LogP contribution in [0.25, 0.3) is 10.7 Å². The van der Waals surface area contributed by atoms with E-state index in [9.17, 15) is 0 Å². The van der Waals surface area contributed by atoms with E-state index in [-0.39, 0.29) is 18.5 Å². The number of nitrogens with one attached hydrogen (secondary N) is 1. The molecular formula is C10H11BrClN3O2S. The van der Waals surface area contributed by atoms with Gasteiger partial charge in [0, 0.05) is 22.9 Å². The second-order valence-corrected chi connectivity index (χ2v) is 5.48. The molecule has 3 rings (SSSR count). The summed E-state index contributed by atoms with van der Waals surface area (Å²) in [7, 11) is 0. The Kier molecular flexibility index (Phi) is 4.74. The zero-order chi connectivity index (χ0) is 11.7. The first kappa shape index (κ1) is 14.0. The van der Waals surface area contributed by atoms with Crippen LogP contribution in [0.15, 0.2) is 20.4 Å². The summed E-state index contributed by atoms with van der Waals surface area (Å²) >= 11 is 4.98. The Hall–Kier alpha value is -0.470. The fraction of sp³-hybridized carbons (Fsp3) is 0.400. The van der Waals surface area contributed by atoms with Crippen LogP contribution in [0.2, 0.25) is 0 Å². The molecule has 1 N–H and O–H groups in total. The molecule has 0 radical (unpaired) electrons. The second kappa shape index (κ2) is 6.12. The lowest BCUT2D eigenvalue weighted by atomic mass is 10.3. The first-order valence-electron chi connectivity index (χ1n) is 5.23. The second-order valence-electron chi connectivity index (χ2n) is 3.65. The van der Waals surface area contributed by atoms with Crippen LogP contribution in [0.1, 0.15) is 12.0 Å². The van der Waals surface area contributed by atoms with Gasteiger partial charge in [0.1, 0.15) is 6.10 Å². The number of halogens is 2. The highest BCUT2D eigenvalue weighted by molar-refractivity contribution is 9.10. The van der Waals surface area contributed by atoms with Gasteiger partial charge in [0.05, 0.1) is 11.5 Å². The van der Waals surface area contributed by atoms with Crippen molar-refractivity contribution < 1.29 is 9.26 Å². The smallest absolute Gasteiger partial charge is 0.257 e. The summed E-state index contributed by atoms with van der Waals surface area (Å²) in [5.41, 5.74) is 0. The maximum Gasteiger partial charge on any atom is 0.257 e. The molecule has 2 aromatic heterocycles. The van der Waals surface area contributed by atoms with E-state index in [0.717, 1.165) is 22.4 Å². The van der Waals surface area contributed by atoms with Gasteiger partial charge in [-0.2, -0.15) is 4.98 Å². The van der Waals surface area contributed by atoms with E-state index in [1.165, 1.54) is 0 Å². The van der Waals surface area contributed by atoms with Crippen LogP contribution in [0, 0.1) is 0 Å². The number of aromatic nitrogens is 2. The molecule has 0 saturated carbocycles. The molecule has 5 nitrogen and oxygen atoms in total. The van der Waals surface area contributed by atoms with Crippen molar-refractivity contribution >= 4 is 39.7 Å². The van der Waals surface area contributed by atoms with Gasteiger partial charge in [-0.05, 0) is 22.0 Å². The molecule has 1 aliphatic heterocycles. The molecule has 0 aromatic carbocycles. The fourth-order valence-electron chi connectivity index (χ4n) is 1.62. The third-order valence-electron chi connectivity index (χ3n) is 2.43. The summed E-state index contributed by atoms with van der Waals surface area (Å²) in [6.07, 6.45) is -0.131. The Balaban J connectivity index is 0.00000120. The number of thiophene rings is 1. The number of nitrogens with zero attached hydrogens (tertiary/aromatic N) is 2. The van der Waals surface area contributed by atoms with Gasteiger partial charge in [-0.1, -0.05) is 5.16 Å². The van der Waals surface area contributed by atoms with Crippen molar-refractivity contribution in [3.8, 4) is 10.7 Å². The van der Waals surface area contributed by atoms with Gasteiger partial charge in [0.15, 0.2) is 0 Å². The molecule has 0 amide bonds. The Bertz CT molecular complexity index is 513. The lowest BCUT2D eigenvalue weighted by Gasteiger charge is -2.19. The summed E-state index contributed by atoms with van der Waals surface area (Å²) in [6.45, 7) is 2.26. The minimum absolute atomic E-state index is 0. The maximum absolute atomic E-state index is 5.55. The lowest BCUT2D eigenvalue weighted by Crippen LogP contribution is -2.33. The van der Waals surface area contributed by atoms with Gasteiger partial charge < -0.3 is 14.6 Å². The van der Waals surface area contributed by atoms with Gasteiger partial charge in [0.25, 0.3) is 5.89 Å². The average molecular weight is 353 g/mol. The topological polar surface area (TPSA) is 60.2 Å². The number of hydrogen-bond donors (Lipinski definition) is 1. The molecule has 98 valence electrons. The van der Waals surface area contributed by atoms with Crippen molar-refractivity contribution in [3.05, 3.63) is 21.8 Å². The summed E-state index contributed by atoms with van der Waals surface area (Å²) in [4.78, 5) is 5.35. The highest BCUT2D eigenvalue weighted by atomic mass is 79.9. The third kappa shape index (κ3) is 2.92. The van der Waals surface area contributed by atoms with Crippen molar-refractivity contribution in [2.24, 2.45) is 0 Å². The Morgan fingerprint density at radius 2 is 2.39 bits per heavy atom. The van der Waals surface area contributed by atoms with Crippen LogP contribution in [-0.4, -0.2) is 29.8 Å². The summed E-state index contributed by atoms with van der Waals surface area (Å²) in [6, 6.07) is 1.97. The summed E-state index contributed by atoms with van der Waals surface area (Å²) in [5, 5.41) is 9.19. The Morgan fingerprint density at radius 1 is 1.50 bits per heavy atom. The van der Waals surface area contributed by atoms with Gasteiger partial charge >= 0.3 is 0 Å². The van der Waals surface area contributed by atoms with Crippen molar-refractivity contribution in [1.29, 1.82) is 0 Å². The normalized spacial score (nSPS) is 19.5. The van der Waals surface area contributed by atoms with Gasteiger partial charge in [-0.25, -0.2) is 0 Å². The molecule has 1 saturated heterocycles. The van der Waals surface area contributed by atoms with Crippen LogP contribution >= 0.6 is 39.7 Å². The Labute approximate surface area is 122 Å². The number of ether oxygens (including phenoxy) is 1. The number of hydrogen-bond acceptors (Lipinski definition) is 6. The Morgan fingerprint density at radius 3 is 3.06 bits per heavy atom. The molecular weight excluding hydrogens is 342 g/mol. The molecule has 2 aromatic rings. The molecule has 1 fully saturated rings. The van der Waals surface area contributed by atoms with E-state index in [4.69, 9.17) is 9.26 Å². The van der Waals surface area contributed by atoms with E-state index in [0.29, 0.717) is 18.3 Å². The van der Waals surface area contributed by atoms with E-state index in [1.807, 2.05) is 11.4 Å². The molecule has 0 aliphatic carbocycles. The quantitative estimate of drug-likeness (QED) is 0.900. The molecule has 0 unspecified atom stereocenters. The van der Waals surface area contributed by atoms with Crippen LogP contribution in [0.5, 0.6) is 0 Å². The SMILES string of the molecule is Brc1csc(-c2noc([C@H]3CNCCO3)n2)c1.Cl. The zero-order valence-electron chi connectivity index (χ0n) is 9.26. The van der Waals surface area contributed by atoms with Gasteiger partial charge in [-0.3, -0.25) is 0 Å². The third-order valence-corrected chi connectivity index (χ3v) is 4.12. The maximum atomic E-state index is 5.55. The zero-order valence-corrected chi connectivity index (χ0v) is 12.5. The standard InChI is InChI=1S/C10H10BrN3O2S.ClH/c11-6-3-8(17-5-6)9-13-10(16-14-9)7-4-12-1-2-15-7;/h3,5,7,12H,1-2,4H2;1H/t7-;/m1./s1. The summed E-state index contributed by atoms with van der Waals surface area (Å²) in [5.74, 6) is 1.15. The van der Waals surface area contributed by atoms with Crippen LogP contribution in [0.4, 0.5) is 0 Å². The molecule has 18 heavy (non-hydrogen) atoms. The summed E-state index contributed by atoms with van der Waals surface area (Å²) < 4.78 is 11.8. The minimum Gasteiger partial charge on any atom is -0.366 e. The highest BCUT2D eigenvalue weighted by Gasteiger charge is 2.22. The average Bonchev–Trinajstić information content (AvgIpc) is 2.98. The largest absolute Gasteiger partial charge is 0.366 e. The monoisotopic (exact) mass is 351 g/mol. The van der Waals surface area contributed by atoms with Crippen molar-refractivity contribution in [1.82, 2.24) is 15.5 Å². The van der Waals surface area contributed by atoms with Gasteiger partial charge in [-0.15, -0.1) is 23.7 Å². The first-order chi connectivity index (χ1) is 8.33. The van der Waals surface area contributed by atoms with Crippen LogP contribution in [-0.2, 0) is 4.74 Å². The van der Waals surface area contributed by atoms with E-state index in [2.05, 4.69) is 31.4 Å². The predicted octanol–water partition coefficient (Wildman–Crippen LogP) is 2.64. The van der Waals surface area contributed by atoms with Gasteiger partial charge in [0.2, 0.25) is 5.82 Å². The molecule has 3 heterocycles. The number of morpholine rings is 1. The molecule has 1 aliphatic rings. The lowest BCUT2D eigenvalue weighted by molar-refractivity contribution is 0.00755. The minimum atomic E-state index is -0.131. The van der Waals surface area contributed by atoms with Crippen molar-refractivity contribution in [3.63, 3.8) is 0 Å².